The maximum absolute atomic E-state index is 5.90. The fourth-order valence-electron chi connectivity index (χ4n) is 3.82. The van der Waals surface area contributed by atoms with Crippen molar-refractivity contribution in [2.45, 2.75) is 24.9 Å². The van der Waals surface area contributed by atoms with Crippen LogP contribution in [0.4, 0.5) is 0 Å². The van der Waals surface area contributed by atoms with E-state index in [2.05, 4.69) is 59.1 Å². The minimum Gasteiger partial charge on any atom is -0.372 e. The van der Waals surface area contributed by atoms with Crippen LogP contribution in [-0.2, 0) is 4.74 Å². The second-order valence-corrected chi connectivity index (χ2v) is 6.82. The van der Waals surface area contributed by atoms with Crippen LogP contribution in [0.25, 0.3) is 16.3 Å². The Morgan fingerprint density at radius 1 is 1.04 bits per heavy atom. The van der Waals surface area contributed by atoms with Crippen molar-refractivity contribution < 1.29 is 4.74 Å². The highest BCUT2D eigenvalue weighted by molar-refractivity contribution is 5.98. The lowest BCUT2D eigenvalue weighted by Crippen LogP contribution is -2.04. The van der Waals surface area contributed by atoms with E-state index in [1.807, 2.05) is 12.3 Å². The van der Waals surface area contributed by atoms with E-state index in [0.717, 1.165) is 11.1 Å². The maximum atomic E-state index is 5.90. The van der Waals surface area contributed by atoms with Crippen molar-refractivity contribution >= 4 is 16.3 Å². The molecule has 0 bridgehead atoms. The molecule has 0 N–H and O–H groups in total. The molecule has 3 heteroatoms. The summed E-state index contributed by atoms with van der Waals surface area (Å²) in [5.41, 5.74) is 4.78. The average molecular weight is 328 g/mol. The highest BCUT2D eigenvalue weighted by Crippen LogP contribution is 2.43. The van der Waals surface area contributed by atoms with Gasteiger partial charge in [-0.05, 0) is 29.9 Å². The van der Waals surface area contributed by atoms with Crippen molar-refractivity contribution in [3.05, 3.63) is 83.7 Å². The van der Waals surface area contributed by atoms with Crippen molar-refractivity contribution in [2.75, 3.05) is 7.11 Å². The highest BCUT2D eigenvalue weighted by atomic mass is 16.5. The van der Waals surface area contributed by atoms with E-state index in [1.54, 1.807) is 7.11 Å². The number of methoxy groups -OCH3 is 1. The van der Waals surface area contributed by atoms with Crippen molar-refractivity contribution in [1.29, 1.82) is 0 Å². The molecule has 2 aromatic carbocycles. The smallest absolute Gasteiger partial charge is 0.111 e. The number of hydrogen-bond donors (Lipinski definition) is 0. The first kappa shape index (κ1) is 14.7. The summed E-state index contributed by atoms with van der Waals surface area (Å²) >= 11 is 0. The van der Waals surface area contributed by atoms with Gasteiger partial charge >= 0.3 is 0 Å². The molecule has 0 unspecified atom stereocenters. The predicted molar refractivity (Wildman–Crippen MR) is 100.0 cm³/mol. The van der Waals surface area contributed by atoms with E-state index in [4.69, 9.17) is 9.84 Å². The Labute approximate surface area is 146 Å². The van der Waals surface area contributed by atoms with Gasteiger partial charge in [-0.25, -0.2) is 4.52 Å². The number of benzene rings is 2. The highest BCUT2D eigenvalue weighted by Gasteiger charge is 2.29. The van der Waals surface area contributed by atoms with Crippen LogP contribution < -0.4 is 0 Å². The summed E-state index contributed by atoms with van der Waals surface area (Å²) in [7, 11) is 1.77. The van der Waals surface area contributed by atoms with Crippen LogP contribution >= 0.6 is 0 Å². The summed E-state index contributed by atoms with van der Waals surface area (Å²) in [6.07, 6.45) is 4.38. The van der Waals surface area contributed by atoms with Crippen molar-refractivity contribution in [1.82, 2.24) is 9.61 Å². The van der Waals surface area contributed by atoms with Gasteiger partial charge in [-0.1, -0.05) is 54.6 Å². The second-order valence-electron chi connectivity index (χ2n) is 6.82. The largest absolute Gasteiger partial charge is 0.372 e. The summed E-state index contributed by atoms with van der Waals surface area (Å²) in [6.45, 7) is 0. The number of pyridine rings is 1. The molecule has 124 valence electrons. The lowest BCUT2D eigenvalue weighted by atomic mass is 9.99. The predicted octanol–water partition coefficient (Wildman–Crippen LogP) is 5.10. The zero-order chi connectivity index (χ0) is 16.8. The molecule has 25 heavy (non-hydrogen) atoms. The fraction of sp³-hybridized carbons (Fsp3) is 0.227. The van der Waals surface area contributed by atoms with Gasteiger partial charge < -0.3 is 4.74 Å². The maximum Gasteiger partial charge on any atom is 0.111 e. The first-order valence-electron chi connectivity index (χ1n) is 8.84. The van der Waals surface area contributed by atoms with Crippen LogP contribution in [-0.4, -0.2) is 16.7 Å². The molecule has 3 nitrogen and oxygen atoms in total. The minimum absolute atomic E-state index is 0.114. The summed E-state index contributed by atoms with van der Waals surface area (Å²) in [5, 5.41) is 7.27. The molecule has 5 rings (SSSR count). The third-order valence-electron chi connectivity index (χ3n) is 5.18. The van der Waals surface area contributed by atoms with Crippen LogP contribution in [0.2, 0.25) is 0 Å². The van der Waals surface area contributed by atoms with E-state index in [1.165, 1.54) is 34.8 Å². The Hall–Kier alpha value is -2.65. The van der Waals surface area contributed by atoms with Gasteiger partial charge in [-0.3, -0.25) is 0 Å². The number of ether oxygens (including phenoxy) is 1. The molecule has 0 aliphatic heterocycles. The Balaban J connectivity index is 1.82. The number of hydrogen-bond acceptors (Lipinski definition) is 2. The van der Waals surface area contributed by atoms with Gasteiger partial charge in [0.1, 0.15) is 6.10 Å². The first-order chi connectivity index (χ1) is 12.4. The molecule has 1 atom stereocenters. The van der Waals surface area contributed by atoms with Crippen molar-refractivity contribution in [2.24, 2.45) is 0 Å². The summed E-state index contributed by atoms with van der Waals surface area (Å²) in [6, 6.07) is 21.3. The van der Waals surface area contributed by atoms with Crippen molar-refractivity contribution in [3.8, 4) is 0 Å². The van der Waals surface area contributed by atoms with E-state index in [9.17, 15) is 0 Å². The summed E-state index contributed by atoms with van der Waals surface area (Å²) in [5.74, 6) is 0.637. The van der Waals surface area contributed by atoms with Crippen LogP contribution in [0.3, 0.4) is 0 Å². The zero-order valence-corrected chi connectivity index (χ0v) is 14.2. The van der Waals surface area contributed by atoms with Gasteiger partial charge in [-0.15, -0.1) is 0 Å². The van der Waals surface area contributed by atoms with E-state index >= 15 is 0 Å². The molecule has 1 aliphatic rings. The molecule has 0 saturated heterocycles. The molecule has 2 aromatic heterocycles. The van der Waals surface area contributed by atoms with E-state index < -0.39 is 0 Å². The number of aromatic nitrogens is 2. The topological polar surface area (TPSA) is 26.5 Å². The molecule has 1 saturated carbocycles. The quantitative estimate of drug-likeness (QED) is 0.521. The number of nitrogens with zero attached hydrogens (tertiary/aromatic N) is 2. The van der Waals surface area contributed by atoms with Crippen molar-refractivity contribution in [3.63, 3.8) is 0 Å². The molecule has 1 aliphatic carbocycles. The van der Waals surface area contributed by atoms with Gasteiger partial charge in [0.2, 0.25) is 0 Å². The fourth-order valence-corrected chi connectivity index (χ4v) is 3.82. The molecule has 1 fully saturated rings. The average Bonchev–Trinajstić information content (AvgIpc) is 3.42. The molecule has 4 aromatic rings. The van der Waals surface area contributed by atoms with Gasteiger partial charge in [-0.2, -0.15) is 5.10 Å². The number of rotatable bonds is 4. The monoisotopic (exact) mass is 328 g/mol. The molecular weight excluding hydrogens is 308 g/mol. The van der Waals surface area contributed by atoms with Gasteiger partial charge in [0.15, 0.2) is 0 Å². The second kappa shape index (κ2) is 5.71. The SMILES string of the molecule is CO[C@H](c1ccccc1)c1cnn2c(C3CC3)cc3ccccc3c12. The van der Waals surface area contributed by atoms with Gasteiger partial charge in [0.05, 0.1) is 11.7 Å². The van der Waals surface area contributed by atoms with Gasteiger partial charge in [0, 0.05) is 29.7 Å². The molecule has 2 heterocycles. The Morgan fingerprint density at radius 3 is 2.56 bits per heavy atom. The Morgan fingerprint density at radius 2 is 1.80 bits per heavy atom. The van der Waals surface area contributed by atoms with E-state index in [-0.39, 0.29) is 6.10 Å². The number of fused-ring (bicyclic) bond motifs is 3. The van der Waals surface area contributed by atoms with Crippen LogP contribution in [0.1, 0.15) is 41.7 Å². The van der Waals surface area contributed by atoms with E-state index in [0.29, 0.717) is 5.92 Å². The standard InChI is InChI=1S/C22H20N2O/c1-25-22(16-7-3-2-4-8-16)19-14-23-24-20(15-11-12-15)13-17-9-5-6-10-18(17)21(19)24/h2-10,13-15,22H,11-12H2,1H3/t22-/m1/s1. The van der Waals surface area contributed by atoms with Gasteiger partial charge in [0.25, 0.3) is 0 Å². The molecule has 0 spiro atoms. The summed E-state index contributed by atoms with van der Waals surface area (Å²) < 4.78 is 8.04. The van der Waals surface area contributed by atoms with Crippen LogP contribution in [0.15, 0.2) is 66.9 Å². The Kier molecular flexibility index (Phi) is 3.35. The lowest BCUT2D eigenvalue weighted by Gasteiger charge is -2.16. The summed E-state index contributed by atoms with van der Waals surface area (Å²) in [4.78, 5) is 0. The lowest BCUT2D eigenvalue weighted by molar-refractivity contribution is 0.137. The zero-order valence-electron chi connectivity index (χ0n) is 14.2. The normalized spacial score (nSPS) is 15.7. The first-order valence-corrected chi connectivity index (χ1v) is 8.84. The molecule has 0 radical (unpaired) electrons. The van der Waals surface area contributed by atoms with Crippen LogP contribution in [0, 0.1) is 0 Å². The Bertz CT molecular complexity index is 1050. The minimum atomic E-state index is -0.114. The van der Waals surface area contributed by atoms with Crippen LogP contribution in [0.5, 0.6) is 0 Å². The molecular formula is C22H20N2O. The third kappa shape index (κ3) is 2.35. The third-order valence-corrected chi connectivity index (χ3v) is 5.18. The molecule has 0 amide bonds.